The molecular weight excluding hydrogens is 359 g/mol. The molecular formula is C19H40ClO4P. The first-order valence-electron chi connectivity index (χ1n) is 10.1. The minimum absolute atomic E-state index is 0.709. The Morgan fingerprint density at radius 1 is 0.720 bits per heavy atom. The van der Waals surface area contributed by atoms with Gasteiger partial charge in [0.15, 0.2) is 0 Å². The Kier molecular flexibility index (Phi) is 12.8. The molecule has 0 aromatic heterocycles. The van der Waals surface area contributed by atoms with Crippen LogP contribution in [0.1, 0.15) is 91.9 Å². The molecule has 0 heterocycles. The molecule has 0 unspecified atom stereocenters. The Bertz CT molecular complexity index is 344. The van der Waals surface area contributed by atoms with Gasteiger partial charge in [0.2, 0.25) is 0 Å². The van der Waals surface area contributed by atoms with Gasteiger partial charge >= 0.3 is 157 Å². The van der Waals surface area contributed by atoms with Crippen LogP contribution in [0.5, 0.6) is 0 Å². The summed E-state index contributed by atoms with van der Waals surface area (Å²) in [7, 11) is -4.42. The third-order valence-corrected chi connectivity index (χ3v) is 12.2. The molecule has 4 nitrogen and oxygen atoms in total. The molecule has 0 saturated carbocycles. The van der Waals surface area contributed by atoms with E-state index in [0.29, 0.717) is 18.5 Å². The van der Waals surface area contributed by atoms with Crippen molar-refractivity contribution in [3.8, 4) is 0 Å². The molecule has 0 rings (SSSR count). The van der Waals surface area contributed by atoms with E-state index in [1.165, 1.54) is 0 Å². The summed E-state index contributed by atoms with van der Waals surface area (Å²) < 4.78 is 40.6. The second-order valence-corrected chi connectivity index (χ2v) is 13.6. The van der Waals surface area contributed by atoms with Crippen LogP contribution in [0.2, 0.25) is 0 Å². The van der Waals surface area contributed by atoms with E-state index in [1.54, 1.807) is 0 Å². The fourth-order valence-corrected chi connectivity index (χ4v) is 11.2. The predicted octanol–water partition coefficient (Wildman–Crippen LogP) is 3.86. The van der Waals surface area contributed by atoms with Crippen LogP contribution < -0.4 is 14.0 Å². The maximum atomic E-state index is 11.7. The van der Waals surface area contributed by atoms with Crippen molar-refractivity contribution in [3.63, 3.8) is 0 Å². The van der Waals surface area contributed by atoms with Gasteiger partial charge in [0.05, 0.1) is 0 Å². The Morgan fingerprint density at radius 2 is 1.16 bits per heavy atom. The molecule has 0 saturated heterocycles. The fraction of sp³-hybridized carbons (Fsp3) is 0.895. The predicted molar refractivity (Wildman–Crippen MR) is 101 cm³/mol. The summed E-state index contributed by atoms with van der Waals surface area (Å²) in [5, 5.41) is 0. The second kappa shape index (κ2) is 12.6. The van der Waals surface area contributed by atoms with E-state index < -0.39 is 17.1 Å². The van der Waals surface area contributed by atoms with Gasteiger partial charge in [0.1, 0.15) is 0 Å². The van der Waals surface area contributed by atoms with Crippen molar-refractivity contribution in [3.05, 3.63) is 11.9 Å². The van der Waals surface area contributed by atoms with Gasteiger partial charge in [-0.2, -0.15) is 0 Å². The average molecular weight is 399 g/mol. The van der Waals surface area contributed by atoms with E-state index in [-0.39, 0.29) is 0 Å². The zero-order valence-electron chi connectivity index (χ0n) is 16.8. The number of hydrogen-bond donors (Lipinski definition) is 0. The van der Waals surface area contributed by atoms with Gasteiger partial charge < -0.3 is 0 Å². The van der Waals surface area contributed by atoms with E-state index in [4.69, 9.17) is 4.08 Å². The van der Waals surface area contributed by atoms with Crippen LogP contribution in [-0.4, -0.2) is 18.5 Å². The third kappa shape index (κ3) is 10.3. The molecule has 0 aromatic rings. The van der Waals surface area contributed by atoms with Gasteiger partial charge in [-0.1, -0.05) is 0 Å². The van der Waals surface area contributed by atoms with Crippen molar-refractivity contribution in [1.29, 1.82) is 0 Å². The number of rotatable bonds is 16. The van der Waals surface area contributed by atoms with Crippen molar-refractivity contribution in [1.82, 2.24) is 0 Å². The number of halogens is 1. The Morgan fingerprint density at radius 3 is 1.52 bits per heavy atom. The third-order valence-electron chi connectivity index (χ3n) is 4.87. The van der Waals surface area contributed by atoms with Crippen molar-refractivity contribution in [2.24, 2.45) is 0 Å². The molecule has 0 aliphatic heterocycles. The van der Waals surface area contributed by atoms with Crippen LogP contribution in [0.4, 0.5) is 0 Å². The molecule has 0 aliphatic rings. The standard InChI is InChI=1S/C19H40ClO4P/c1-5-9-13-14-15-19-25(16-10-6-2,17-11-7-3,18-12-8-4)24-20(21,22)23/h15,19H,5-14,16-18H2,1-4H3. The summed E-state index contributed by atoms with van der Waals surface area (Å²) in [4.78, 5) is 0. The molecule has 0 fully saturated rings. The van der Waals surface area contributed by atoms with Crippen LogP contribution in [0.15, 0.2) is 11.9 Å². The van der Waals surface area contributed by atoms with Gasteiger partial charge in [-0.15, -0.1) is 0 Å². The minimum atomic E-state index is -4.42. The molecule has 0 amide bonds. The van der Waals surface area contributed by atoms with Gasteiger partial charge in [-0.05, 0) is 0 Å². The quantitative estimate of drug-likeness (QED) is 0.292. The summed E-state index contributed by atoms with van der Waals surface area (Å²) in [5.41, 5.74) is 0. The van der Waals surface area contributed by atoms with Crippen molar-refractivity contribution >= 4 is 6.83 Å². The van der Waals surface area contributed by atoms with Crippen molar-refractivity contribution < 1.29 is 28.3 Å². The summed E-state index contributed by atoms with van der Waals surface area (Å²) >= 11 is 0. The van der Waals surface area contributed by atoms with Crippen molar-refractivity contribution in [2.45, 2.75) is 91.9 Å². The summed E-state index contributed by atoms with van der Waals surface area (Å²) in [6.07, 6.45) is 14.2. The Hall–Kier alpha value is 0.300. The van der Waals surface area contributed by atoms with Crippen LogP contribution in [0.25, 0.3) is 0 Å². The second-order valence-electron chi connectivity index (χ2n) is 7.27. The zero-order valence-corrected chi connectivity index (χ0v) is 18.5. The van der Waals surface area contributed by atoms with Crippen LogP contribution in [0.3, 0.4) is 0 Å². The maximum absolute atomic E-state index is 11.7. The molecule has 0 aromatic carbocycles. The topological polar surface area (TPSA) is 78.4 Å². The summed E-state index contributed by atoms with van der Waals surface area (Å²) in [5.74, 6) is 2.07. The molecule has 0 radical (unpaired) electrons. The van der Waals surface area contributed by atoms with Gasteiger partial charge in [0.25, 0.3) is 0 Å². The molecule has 0 atom stereocenters. The summed E-state index contributed by atoms with van der Waals surface area (Å²) in [6.45, 7) is 5.26. The number of hydrogen-bond acceptors (Lipinski definition) is 4. The zero-order chi connectivity index (χ0) is 19.3. The van der Waals surface area contributed by atoms with Gasteiger partial charge in [-0.3, -0.25) is 0 Å². The summed E-state index contributed by atoms with van der Waals surface area (Å²) in [6, 6.07) is 0. The normalized spacial score (nSPS) is 14.8. The molecule has 6 heteroatoms. The molecule has 0 bridgehead atoms. The van der Waals surface area contributed by atoms with Crippen LogP contribution in [0, 0.1) is 10.2 Å². The van der Waals surface area contributed by atoms with E-state index >= 15 is 0 Å². The molecule has 0 aliphatic carbocycles. The first-order valence-corrected chi connectivity index (χ1v) is 14.1. The van der Waals surface area contributed by atoms with E-state index in [1.807, 2.05) is 0 Å². The Labute approximate surface area is 157 Å². The molecule has 0 N–H and O–H groups in total. The average Bonchev–Trinajstić information content (AvgIpc) is 2.55. The van der Waals surface area contributed by atoms with E-state index in [2.05, 4.69) is 39.6 Å². The SMILES string of the molecule is CCCCCC=CP(CCCC)(CCCC)(CCCC)O[Cl+3]([O-])([O-])[O-]. The van der Waals surface area contributed by atoms with Crippen molar-refractivity contribution in [2.75, 3.05) is 18.5 Å². The van der Waals surface area contributed by atoms with E-state index in [0.717, 1.165) is 64.2 Å². The number of allylic oxidation sites excluding steroid dienone is 1. The fourth-order valence-electron chi connectivity index (χ4n) is 3.38. The Balaban J connectivity index is 5.76. The molecule has 0 spiro atoms. The molecule has 25 heavy (non-hydrogen) atoms. The van der Waals surface area contributed by atoms with Crippen LogP contribution >= 0.6 is 6.83 Å². The first kappa shape index (κ1) is 25.3. The number of unbranched alkanes of at least 4 members (excludes halogenated alkanes) is 6. The van der Waals surface area contributed by atoms with E-state index in [9.17, 15) is 14.0 Å². The molecule has 152 valence electrons. The van der Waals surface area contributed by atoms with Gasteiger partial charge in [0, 0.05) is 0 Å². The van der Waals surface area contributed by atoms with Gasteiger partial charge in [-0.25, -0.2) is 0 Å². The first-order chi connectivity index (χ1) is 11.8. The van der Waals surface area contributed by atoms with Crippen LogP contribution in [-0.2, 0) is 4.08 Å². The monoisotopic (exact) mass is 398 g/mol.